The predicted octanol–water partition coefficient (Wildman–Crippen LogP) is 2.33. The van der Waals surface area contributed by atoms with E-state index in [9.17, 15) is 9.18 Å². The van der Waals surface area contributed by atoms with Gasteiger partial charge in [0, 0.05) is 13.1 Å². The van der Waals surface area contributed by atoms with Crippen molar-refractivity contribution in [3.05, 3.63) is 29.6 Å². The molecule has 118 valence electrons. The van der Waals surface area contributed by atoms with Gasteiger partial charge >= 0.3 is 0 Å². The van der Waals surface area contributed by atoms with Crippen molar-refractivity contribution in [3.8, 4) is 5.75 Å². The number of likely N-dealkylation sites (tertiary alicyclic amines) is 1. The Balaban J connectivity index is 0.00000220. The number of hydrogen-bond acceptors (Lipinski definition) is 3. The number of nitrogens with zero attached hydrogens (tertiary/aromatic N) is 1. The van der Waals surface area contributed by atoms with E-state index in [1.165, 1.54) is 25.3 Å². The van der Waals surface area contributed by atoms with E-state index in [0.717, 1.165) is 19.4 Å². The van der Waals surface area contributed by atoms with E-state index in [-0.39, 0.29) is 18.3 Å². The lowest BCUT2D eigenvalue weighted by Gasteiger charge is -2.32. The van der Waals surface area contributed by atoms with Gasteiger partial charge in [-0.25, -0.2) is 4.39 Å². The number of ether oxygens (including phenoxy) is 1. The molecule has 0 radical (unpaired) electrons. The number of amides is 1. The zero-order valence-electron chi connectivity index (χ0n) is 12.4. The zero-order valence-corrected chi connectivity index (χ0v) is 13.2. The lowest BCUT2D eigenvalue weighted by atomic mass is 9.96. The smallest absolute Gasteiger partial charge is 0.257 e. The standard InChI is InChI=1S/C15H21FN2O2.ClH/c1-17-10-11-5-7-18(8-6-11)15(19)13-9-12(16)3-4-14(13)20-2;/h3-4,9,11,17H,5-8,10H2,1-2H3;1H. The van der Waals surface area contributed by atoms with Crippen LogP contribution in [-0.4, -0.2) is 44.6 Å². The minimum Gasteiger partial charge on any atom is -0.496 e. The van der Waals surface area contributed by atoms with E-state index in [2.05, 4.69) is 5.32 Å². The fraction of sp³-hybridized carbons (Fsp3) is 0.533. The summed E-state index contributed by atoms with van der Waals surface area (Å²) in [6.07, 6.45) is 1.95. The Morgan fingerprint density at radius 3 is 2.67 bits per heavy atom. The largest absolute Gasteiger partial charge is 0.496 e. The Kier molecular flexibility index (Phi) is 6.92. The number of nitrogens with one attached hydrogen (secondary N) is 1. The molecule has 6 heteroatoms. The van der Waals surface area contributed by atoms with Crippen LogP contribution in [0.25, 0.3) is 0 Å². The zero-order chi connectivity index (χ0) is 14.5. The van der Waals surface area contributed by atoms with Gasteiger partial charge in [-0.1, -0.05) is 0 Å². The number of rotatable bonds is 4. The first kappa shape index (κ1) is 17.7. The SMILES string of the molecule is CNCC1CCN(C(=O)c2cc(F)ccc2OC)CC1.Cl. The molecule has 0 spiro atoms. The Morgan fingerprint density at radius 1 is 1.43 bits per heavy atom. The third kappa shape index (κ3) is 4.32. The maximum absolute atomic E-state index is 13.3. The normalized spacial score (nSPS) is 15.5. The molecule has 1 N–H and O–H groups in total. The van der Waals surface area contributed by atoms with Gasteiger partial charge < -0.3 is 15.0 Å². The van der Waals surface area contributed by atoms with Crippen LogP contribution < -0.4 is 10.1 Å². The van der Waals surface area contributed by atoms with Crippen molar-refractivity contribution in [1.82, 2.24) is 10.2 Å². The minimum atomic E-state index is -0.417. The molecule has 0 atom stereocenters. The lowest BCUT2D eigenvalue weighted by molar-refractivity contribution is 0.0687. The molecule has 1 aliphatic heterocycles. The molecule has 1 saturated heterocycles. The number of methoxy groups -OCH3 is 1. The lowest BCUT2D eigenvalue weighted by Crippen LogP contribution is -2.40. The Bertz CT molecular complexity index is 477. The summed E-state index contributed by atoms with van der Waals surface area (Å²) < 4.78 is 18.5. The molecule has 4 nitrogen and oxygen atoms in total. The van der Waals surface area contributed by atoms with Crippen LogP contribution in [0.1, 0.15) is 23.2 Å². The van der Waals surface area contributed by atoms with Crippen molar-refractivity contribution in [2.24, 2.45) is 5.92 Å². The van der Waals surface area contributed by atoms with Crippen molar-refractivity contribution < 1.29 is 13.9 Å². The molecule has 0 aromatic heterocycles. The molecule has 0 aliphatic carbocycles. The van der Waals surface area contributed by atoms with Gasteiger partial charge in [-0.05, 0) is 50.6 Å². The van der Waals surface area contributed by atoms with Crippen LogP contribution in [0.2, 0.25) is 0 Å². The highest BCUT2D eigenvalue weighted by atomic mass is 35.5. The maximum Gasteiger partial charge on any atom is 0.257 e. The summed E-state index contributed by atoms with van der Waals surface area (Å²) in [6.45, 7) is 2.40. The topological polar surface area (TPSA) is 41.6 Å². The van der Waals surface area contributed by atoms with Gasteiger partial charge in [0.15, 0.2) is 0 Å². The highest BCUT2D eigenvalue weighted by Gasteiger charge is 2.25. The first-order chi connectivity index (χ1) is 9.65. The van der Waals surface area contributed by atoms with Crippen LogP contribution in [-0.2, 0) is 0 Å². The third-order valence-electron chi connectivity index (χ3n) is 3.79. The number of carbonyl (C=O) groups excluding carboxylic acids is 1. The molecular formula is C15H22ClFN2O2. The van der Waals surface area contributed by atoms with Crippen molar-refractivity contribution in [3.63, 3.8) is 0 Å². The number of carbonyl (C=O) groups is 1. The van der Waals surface area contributed by atoms with E-state index in [1.54, 1.807) is 4.90 Å². The number of halogens is 2. The molecule has 1 aliphatic rings. The Labute approximate surface area is 131 Å². The van der Waals surface area contributed by atoms with Crippen molar-refractivity contribution >= 4 is 18.3 Å². The van der Waals surface area contributed by atoms with Crippen LogP contribution in [0.5, 0.6) is 5.75 Å². The van der Waals surface area contributed by atoms with Crippen LogP contribution in [0.4, 0.5) is 4.39 Å². The van der Waals surface area contributed by atoms with Crippen molar-refractivity contribution in [2.75, 3.05) is 33.8 Å². The molecule has 0 bridgehead atoms. The van der Waals surface area contributed by atoms with Gasteiger partial charge in [-0.3, -0.25) is 4.79 Å². The van der Waals surface area contributed by atoms with Crippen molar-refractivity contribution in [2.45, 2.75) is 12.8 Å². The Morgan fingerprint density at radius 2 is 2.10 bits per heavy atom. The van der Waals surface area contributed by atoms with Crippen molar-refractivity contribution in [1.29, 1.82) is 0 Å². The van der Waals surface area contributed by atoms with E-state index in [4.69, 9.17) is 4.74 Å². The highest BCUT2D eigenvalue weighted by molar-refractivity contribution is 5.97. The molecule has 1 aromatic carbocycles. The Hall–Kier alpha value is -1.33. The number of benzene rings is 1. The van der Waals surface area contributed by atoms with Crippen LogP contribution in [0.15, 0.2) is 18.2 Å². The summed E-state index contributed by atoms with van der Waals surface area (Å²) in [7, 11) is 3.43. The van der Waals surface area contributed by atoms with E-state index >= 15 is 0 Å². The first-order valence-electron chi connectivity index (χ1n) is 6.93. The fourth-order valence-electron chi connectivity index (χ4n) is 2.65. The molecular weight excluding hydrogens is 295 g/mol. The van der Waals surface area contributed by atoms with E-state index < -0.39 is 5.82 Å². The van der Waals surface area contributed by atoms with Gasteiger partial charge in [0.05, 0.1) is 12.7 Å². The van der Waals surface area contributed by atoms with Gasteiger partial charge in [-0.2, -0.15) is 0 Å². The molecule has 2 rings (SSSR count). The van der Waals surface area contributed by atoms with Crippen LogP contribution in [0.3, 0.4) is 0 Å². The second-order valence-electron chi connectivity index (χ2n) is 5.14. The molecule has 0 unspecified atom stereocenters. The molecule has 0 saturated carbocycles. The molecule has 1 amide bonds. The highest BCUT2D eigenvalue weighted by Crippen LogP contribution is 2.24. The van der Waals surface area contributed by atoms with Crippen LogP contribution in [0, 0.1) is 11.7 Å². The molecule has 1 aromatic rings. The quantitative estimate of drug-likeness (QED) is 0.927. The second kappa shape index (κ2) is 8.20. The second-order valence-corrected chi connectivity index (χ2v) is 5.14. The average Bonchev–Trinajstić information content (AvgIpc) is 2.47. The van der Waals surface area contributed by atoms with Gasteiger partial charge in [0.1, 0.15) is 11.6 Å². The monoisotopic (exact) mass is 316 g/mol. The first-order valence-corrected chi connectivity index (χ1v) is 6.93. The number of hydrogen-bond donors (Lipinski definition) is 1. The molecule has 21 heavy (non-hydrogen) atoms. The van der Waals surface area contributed by atoms with E-state index in [1.807, 2.05) is 7.05 Å². The fourth-order valence-corrected chi connectivity index (χ4v) is 2.65. The number of piperidine rings is 1. The van der Waals surface area contributed by atoms with Gasteiger partial charge in [0.2, 0.25) is 0 Å². The minimum absolute atomic E-state index is 0. The van der Waals surface area contributed by atoms with E-state index in [0.29, 0.717) is 30.3 Å². The third-order valence-corrected chi connectivity index (χ3v) is 3.79. The summed E-state index contributed by atoms with van der Waals surface area (Å²) in [6, 6.07) is 4.05. The average molecular weight is 317 g/mol. The summed E-state index contributed by atoms with van der Waals surface area (Å²) in [4.78, 5) is 14.2. The molecule has 1 fully saturated rings. The maximum atomic E-state index is 13.3. The summed E-state index contributed by atoms with van der Waals surface area (Å²) in [5.41, 5.74) is 0.305. The molecule has 1 heterocycles. The van der Waals surface area contributed by atoms with Gasteiger partial charge in [0.25, 0.3) is 5.91 Å². The van der Waals surface area contributed by atoms with Crippen LogP contribution >= 0.6 is 12.4 Å². The summed E-state index contributed by atoms with van der Waals surface area (Å²) in [5.74, 6) is 0.468. The summed E-state index contributed by atoms with van der Waals surface area (Å²) >= 11 is 0. The predicted molar refractivity (Wildman–Crippen MR) is 82.8 cm³/mol. The van der Waals surface area contributed by atoms with Gasteiger partial charge in [-0.15, -0.1) is 12.4 Å². The summed E-state index contributed by atoms with van der Waals surface area (Å²) in [5, 5.41) is 3.17.